The van der Waals surface area contributed by atoms with Crippen molar-refractivity contribution in [3.05, 3.63) is 36.3 Å². The van der Waals surface area contributed by atoms with Crippen LogP contribution >= 0.6 is 24.0 Å². The summed E-state index contributed by atoms with van der Waals surface area (Å²) in [5.74, 6) is 1.78. The molecule has 4 nitrogen and oxygen atoms in total. The third-order valence-corrected chi connectivity index (χ3v) is 2.24. The average Bonchev–Trinajstić information content (AvgIpc) is 2.76. The van der Waals surface area contributed by atoms with Gasteiger partial charge in [-0.3, -0.25) is 0 Å². The maximum atomic E-state index is 5.30. The Labute approximate surface area is 139 Å². The summed E-state index contributed by atoms with van der Waals surface area (Å²) in [6.07, 6.45) is 2.53. The summed E-state index contributed by atoms with van der Waals surface area (Å²) in [4.78, 5) is 4.49. The first-order chi connectivity index (χ1) is 8.87. The zero-order chi connectivity index (χ0) is 14.3. The Morgan fingerprint density at radius 3 is 2.60 bits per heavy atom. The van der Waals surface area contributed by atoms with Gasteiger partial charge in [-0.05, 0) is 39.8 Å². The SMILES string of the molecule is C=C(C)CN=C(NCCc1ccco1)NC(C)(C)C.I. The van der Waals surface area contributed by atoms with Gasteiger partial charge < -0.3 is 15.1 Å². The molecule has 0 bridgehead atoms. The zero-order valence-electron chi connectivity index (χ0n) is 12.8. The highest BCUT2D eigenvalue weighted by Crippen LogP contribution is 2.01. The fourth-order valence-electron chi connectivity index (χ4n) is 1.47. The molecule has 1 rings (SSSR count). The minimum absolute atomic E-state index is 0. The lowest BCUT2D eigenvalue weighted by atomic mass is 10.1. The van der Waals surface area contributed by atoms with Gasteiger partial charge >= 0.3 is 0 Å². The fourth-order valence-corrected chi connectivity index (χ4v) is 1.47. The first-order valence-corrected chi connectivity index (χ1v) is 6.60. The minimum Gasteiger partial charge on any atom is -0.469 e. The maximum absolute atomic E-state index is 5.30. The van der Waals surface area contributed by atoms with E-state index in [4.69, 9.17) is 4.42 Å². The number of hydrogen-bond acceptors (Lipinski definition) is 2. The van der Waals surface area contributed by atoms with E-state index in [0.29, 0.717) is 6.54 Å². The highest BCUT2D eigenvalue weighted by molar-refractivity contribution is 14.0. The number of furan rings is 1. The number of nitrogens with one attached hydrogen (secondary N) is 2. The van der Waals surface area contributed by atoms with Crippen molar-refractivity contribution < 1.29 is 4.42 Å². The molecule has 0 aliphatic rings. The number of aliphatic imine (C=N–C) groups is 1. The van der Waals surface area contributed by atoms with Gasteiger partial charge in [-0.2, -0.15) is 0 Å². The Morgan fingerprint density at radius 1 is 1.40 bits per heavy atom. The van der Waals surface area contributed by atoms with E-state index in [9.17, 15) is 0 Å². The minimum atomic E-state index is -0.0222. The van der Waals surface area contributed by atoms with Crippen LogP contribution in [0.5, 0.6) is 0 Å². The number of halogens is 1. The van der Waals surface area contributed by atoms with E-state index < -0.39 is 0 Å². The summed E-state index contributed by atoms with van der Waals surface area (Å²) < 4.78 is 5.30. The molecule has 1 heterocycles. The molecular weight excluding hydrogens is 365 g/mol. The lowest BCUT2D eigenvalue weighted by molar-refractivity contribution is 0.492. The molecule has 0 amide bonds. The molecule has 114 valence electrons. The predicted octanol–water partition coefficient (Wildman–Crippen LogP) is 3.35. The van der Waals surface area contributed by atoms with Gasteiger partial charge in [0.25, 0.3) is 0 Å². The molecule has 0 aliphatic heterocycles. The van der Waals surface area contributed by atoms with Crippen LogP contribution in [-0.4, -0.2) is 24.6 Å². The monoisotopic (exact) mass is 391 g/mol. The van der Waals surface area contributed by atoms with Crippen molar-refractivity contribution in [1.29, 1.82) is 0 Å². The number of guanidine groups is 1. The molecule has 0 spiro atoms. The lowest BCUT2D eigenvalue weighted by Gasteiger charge is -2.24. The van der Waals surface area contributed by atoms with Crippen LogP contribution in [0.25, 0.3) is 0 Å². The summed E-state index contributed by atoms with van der Waals surface area (Å²) in [5, 5.41) is 6.67. The lowest BCUT2D eigenvalue weighted by Crippen LogP contribution is -2.48. The molecular formula is C15H26IN3O. The third-order valence-electron chi connectivity index (χ3n) is 2.24. The second-order valence-corrected chi connectivity index (χ2v) is 5.75. The molecule has 0 atom stereocenters. The molecule has 0 unspecified atom stereocenters. The standard InChI is InChI=1S/C15H25N3O.HI/c1-12(2)11-17-14(18-15(3,4)5)16-9-8-13-7-6-10-19-13;/h6-7,10H,1,8-9,11H2,2-5H3,(H2,16,17,18);1H. The highest BCUT2D eigenvalue weighted by atomic mass is 127. The van der Waals surface area contributed by atoms with E-state index in [-0.39, 0.29) is 29.5 Å². The van der Waals surface area contributed by atoms with E-state index in [1.165, 1.54) is 0 Å². The van der Waals surface area contributed by atoms with Crippen LogP contribution in [-0.2, 0) is 6.42 Å². The van der Waals surface area contributed by atoms with Crippen molar-refractivity contribution >= 4 is 29.9 Å². The van der Waals surface area contributed by atoms with Gasteiger partial charge in [-0.25, -0.2) is 4.99 Å². The Morgan fingerprint density at radius 2 is 2.10 bits per heavy atom. The van der Waals surface area contributed by atoms with Crippen molar-refractivity contribution in [2.24, 2.45) is 4.99 Å². The molecule has 0 fully saturated rings. The topological polar surface area (TPSA) is 49.6 Å². The number of rotatable bonds is 5. The van der Waals surface area contributed by atoms with E-state index in [2.05, 4.69) is 43.0 Å². The summed E-state index contributed by atoms with van der Waals surface area (Å²) in [6.45, 7) is 13.6. The predicted molar refractivity (Wildman–Crippen MR) is 95.8 cm³/mol. The van der Waals surface area contributed by atoms with E-state index in [1.807, 2.05) is 19.1 Å². The molecule has 0 aromatic carbocycles. The average molecular weight is 391 g/mol. The highest BCUT2D eigenvalue weighted by Gasteiger charge is 2.11. The van der Waals surface area contributed by atoms with Crippen molar-refractivity contribution in [2.75, 3.05) is 13.1 Å². The zero-order valence-corrected chi connectivity index (χ0v) is 15.2. The van der Waals surface area contributed by atoms with Crippen molar-refractivity contribution in [3.63, 3.8) is 0 Å². The summed E-state index contributed by atoms with van der Waals surface area (Å²) in [7, 11) is 0. The Balaban J connectivity index is 0.00000361. The van der Waals surface area contributed by atoms with Gasteiger partial charge in [0.05, 0.1) is 12.8 Å². The summed E-state index contributed by atoms with van der Waals surface area (Å²) in [6, 6.07) is 3.88. The first-order valence-electron chi connectivity index (χ1n) is 6.60. The second-order valence-electron chi connectivity index (χ2n) is 5.75. The van der Waals surface area contributed by atoms with Gasteiger partial charge in [0.2, 0.25) is 0 Å². The van der Waals surface area contributed by atoms with Crippen molar-refractivity contribution in [2.45, 2.75) is 39.7 Å². The Bertz CT molecular complexity index is 419. The molecule has 1 aromatic heterocycles. The van der Waals surface area contributed by atoms with Crippen LogP contribution in [0.15, 0.2) is 40.0 Å². The van der Waals surface area contributed by atoms with Crippen LogP contribution in [0.1, 0.15) is 33.5 Å². The maximum Gasteiger partial charge on any atom is 0.192 e. The molecule has 5 heteroatoms. The van der Waals surface area contributed by atoms with Crippen LogP contribution in [0.4, 0.5) is 0 Å². The van der Waals surface area contributed by atoms with Crippen molar-refractivity contribution in [3.8, 4) is 0 Å². The normalized spacial score (nSPS) is 11.7. The van der Waals surface area contributed by atoms with Gasteiger partial charge in [0, 0.05) is 18.5 Å². The molecule has 0 radical (unpaired) electrons. The Hall–Kier alpha value is -0.980. The van der Waals surface area contributed by atoms with Gasteiger partial charge in [0.1, 0.15) is 5.76 Å². The molecule has 2 N–H and O–H groups in total. The van der Waals surface area contributed by atoms with Crippen LogP contribution in [0, 0.1) is 0 Å². The summed E-state index contributed by atoms with van der Waals surface area (Å²) >= 11 is 0. The van der Waals surface area contributed by atoms with Crippen LogP contribution < -0.4 is 10.6 Å². The van der Waals surface area contributed by atoms with E-state index in [0.717, 1.165) is 30.3 Å². The van der Waals surface area contributed by atoms with Gasteiger partial charge in [-0.1, -0.05) is 12.2 Å². The number of nitrogens with zero attached hydrogens (tertiary/aromatic N) is 1. The number of hydrogen-bond donors (Lipinski definition) is 2. The van der Waals surface area contributed by atoms with E-state index in [1.54, 1.807) is 6.26 Å². The van der Waals surface area contributed by atoms with Crippen molar-refractivity contribution in [1.82, 2.24) is 10.6 Å². The molecule has 1 aromatic rings. The van der Waals surface area contributed by atoms with Crippen LogP contribution in [0.3, 0.4) is 0 Å². The molecule has 0 saturated carbocycles. The van der Waals surface area contributed by atoms with Crippen LogP contribution in [0.2, 0.25) is 0 Å². The summed E-state index contributed by atoms with van der Waals surface area (Å²) in [5.41, 5.74) is 1.02. The molecule has 0 saturated heterocycles. The first kappa shape index (κ1) is 19.0. The van der Waals surface area contributed by atoms with Gasteiger partial charge in [0.15, 0.2) is 5.96 Å². The molecule has 20 heavy (non-hydrogen) atoms. The Kier molecular flexibility index (Phi) is 8.60. The van der Waals surface area contributed by atoms with E-state index >= 15 is 0 Å². The smallest absolute Gasteiger partial charge is 0.192 e. The van der Waals surface area contributed by atoms with Gasteiger partial charge in [-0.15, -0.1) is 24.0 Å². The second kappa shape index (κ2) is 9.05. The third kappa shape index (κ3) is 9.01. The quantitative estimate of drug-likeness (QED) is 0.350. The molecule has 0 aliphatic carbocycles. The fraction of sp³-hybridized carbons (Fsp3) is 0.533. The largest absolute Gasteiger partial charge is 0.469 e.